The SMILES string of the molecule is CCCCc1n[nH]c(C(=O)O)c1Cc1ccc(-c2ccccc2-c2nnn[nH]2)cc1. The number of hydrogen-bond donors (Lipinski definition) is 3. The lowest BCUT2D eigenvalue weighted by Gasteiger charge is -2.09. The summed E-state index contributed by atoms with van der Waals surface area (Å²) in [6, 6.07) is 16.0. The summed E-state index contributed by atoms with van der Waals surface area (Å²) in [4.78, 5) is 11.6. The fraction of sp³-hybridized carbons (Fsp3) is 0.227. The molecule has 0 radical (unpaired) electrons. The number of carboxylic acid groups (broad SMARTS) is 1. The molecule has 0 amide bonds. The molecular weight excluding hydrogens is 380 g/mol. The van der Waals surface area contributed by atoms with Gasteiger partial charge in [-0.2, -0.15) is 5.10 Å². The molecule has 0 aliphatic heterocycles. The molecule has 0 saturated heterocycles. The Morgan fingerprint density at radius 2 is 1.80 bits per heavy atom. The van der Waals surface area contributed by atoms with Gasteiger partial charge in [0.25, 0.3) is 0 Å². The minimum Gasteiger partial charge on any atom is -0.477 e. The Hall–Kier alpha value is -3.81. The predicted octanol–water partition coefficient (Wildman–Crippen LogP) is 3.89. The number of carbonyl (C=O) groups is 1. The third kappa shape index (κ3) is 3.98. The lowest BCUT2D eigenvalue weighted by molar-refractivity contribution is 0.0689. The van der Waals surface area contributed by atoms with Crippen molar-refractivity contribution in [3.8, 4) is 22.5 Å². The molecule has 2 aromatic heterocycles. The number of tetrazole rings is 1. The van der Waals surface area contributed by atoms with Crippen LogP contribution in [0.5, 0.6) is 0 Å². The molecule has 0 spiro atoms. The molecule has 0 unspecified atom stereocenters. The number of hydrogen-bond acceptors (Lipinski definition) is 5. The summed E-state index contributed by atoms with van der Waals surface area (Å²) in [6.07, 6.45) is 3.30. The molecule has 4 aromatic rings. The quantitative estimate of drug-likeness (QED) is 0.411. The van der Waals surface area contributed by atoms with Gasteiger partial charge in [0.05, 0.1) is 5.69 Å². The van der Waals surface area contributed by atoms with Crippen LogP contribution in [0.4, 0.5) is 0 Å². The summed E-state index contributed by atoms with van der Waals surface area (Å²) in [5.41, 5.74) is 5.76. The van der Waals surface area contributed by atoms with E-state index in [1.54, 1.807) is 0 Å². The molecule has 2 aromatic carbocycles. The Morgan fingerprint density at radius 3 is 2.47 bits per heavy atom. The maximum absolute atomic E-state index is 11.6. The van der Waals surface area contributed by atoms with Crippen LogP contribution in [0, 0.1) is 0 Å². The highest BCUT2D eigenvalue weighted by atomic mass is 16.4. The van der Waals surface area contributed by atoms with E-state index in [0.29, 0.717) is 12.2 Å². The predicted molar refractivity (Wildman–Crippen MR) is 112 cm³/mol. The second-order valence-corrected chi connectivity index (χ2v) is 7.10. The van der Waals surface area contributed by atoms with Gasteiger partial charge < -0.3 is 5.11 Å². The van der Waals surface area contributed by atoms with Gasteiger partial charge >= 0.3 is 5.97 Å². The molecule has 0 bridgehead atoms. The maximum Gasteiger partial charge on any atom is 0.354 e. The van der Waals surface area contributed by atoms with E-state index in [1.807, 2.05) is 48.5 Å². The number of benzene rings is 2. The van der Waals surface area contributed by atoms with E-state index < -0.39 is 5.97 Å². The number of rotatable bonds is 8. The lowest BCUT2D eigenvalue weighted by atomic mass is 9.95. The molecular formula is C22H22N6O2. The normalized spacial score (nSPS) is 11.0. The van der Waals surface area contributed by atoms with Gasteiger partial charge in [0.2, 0.25) is 0 Å². The number of aromatic amines is 2. The first kappa shape index (κ1) is 19.5. The van der Waals surface area contributed by atoms with Crippen molar-refractivity contribution in [1.82, 2.24) is 30.8 Å². The second-order valence-electron chi connectivity index (χ2n) is 7.10. The lowest BCUT2D eigenvalue weighted by Crippen LogP contribution is -2.03. The van der Waals surface area contributed by atoms with E-state index in [1.165, 1.54) is 0 Å². The standard InChI is InChI=1S/C22H22N6O2/c1-2-3-8-19-18(20(22(29)30)24-23-19)13-14-9-11-15(12-10-14)16-6-4-5-7-17(16)21-25-27-28-26-21/h4-7,9-12H,2-3,8,13H2,1H3,(H,23,24)(H,29,30)(H,25,26,27,28). The number of aromatic nitrogens is 6. The zero-order valence-electron chi connectivity index (χ0n) is 16.6. The summed E-state index contributed by atoms with van der Waals surface area (Å²) < 4.78 is 0. The Balaban J connectivity index is 1.62. The summed E-state index contributed by atoms with van der Waals surface area (Å²) in [6.45, 7) is 2.11. The van der Waals surface area contributed by atoms with Crippen LogP contribution in [0.1, 0.15) is 47.1 Å². The maximum atomic E-state index is 11.6. The Bertz CT molecular complexity index is 1130. The van der Waals surface area contributed by atoms with Crippen LogP contribution in [-0.4, -0.2) is 41.9 Å². The Morgan fingerprint density at radius 1 is 1.03 bits per heavy atom. The van der Waals surface area contributed by atoms with E-state index >= 15 is 0 Å². The van der Waals surface area contributed by atoms with E-state index in [9.17, 15) is 9.90 Å². The molecule has 8 heteroatoms. The number of aryl methyl sites for hydroxylation is 1. The number of unbranched alkanes of at least 4 members (excludes halogenated alkanes) is 1. The molecule has 0 saturated carbocycles. The fourth-order valence-corrected chi connectivity index (χ4v) is 3.54. The van der Waals surface area contributed by atoms with Gasteiger partial charge in [0, 0.05) is 17.5 Å². The zero-order valence-corrected chi connectivity index (χ0v) is 16.6. The summed E-state index contributed by atoms with van der Waals surface area (Å²) in [7, 11) is 0. The smallest absolute Gasteiger partial charge is 0.354 e. The third-order valence-electron chi connectivity index (χ3n) is 5.11. The van der Waals surface area contributed by atoms with Gasteiger partial charge in [0.15, 0.2) is 5.82 Å². The first-order chi connectivity index (χ1) is 14.7. The summed E-state index contributed by atoms with van der Waals surface area (Å²) in [5, 5.41) is 30.6. The van der Waals surface area contributed by atoms with Gasteiger partial charge in [-0.25, -0.2) is 9.89 Å². The van der Waals surface area contributed by atoms with Crippen molar-refractivity contribution in [3.63, 3.8) is 0 Å². The molecule has 30 heavy (non-hydrogen) atoms. The van der Waals surface area contributed by atoms with Gasteiger partial charge in [-0.15, -0.1) is 5.10 Å². The number of H-pyrrole nitrogens is 2. The monoisotopic (exact) mass is 402 g/mol. The number of nitrogens with one attached hydrogen (secondary N) is 2. The third-order valence-corrected chi connectivity index (χ3v) is 5.11. The first-order valence-electron chi connectivity index (χ1n) is 9.89. The highest BCUT2D eigenvalue weighted by Crippen LogP contribution is 2.30. The van der Waals surface area contributed by atoms with Gasteiger partial charge in [-0.3, -0.25) is 5.10 Å². The average molecular weight is 402 g/mol. The largest absolute Gasteiger partial charge is 0.477 e. The number of nitrogens with zero attached hydrogens (tertiary/aromatic N) is 4. The Kier molecular flexibility index (Phi) is 5.65. The van der Waals surface area contributed by atoms with Crippen LogP contribution in [0.15, 0.2) is 48.5 Å². The zero-order chi connectivity index (χ0) is 20.9. The fourth-order valence-electron chi connectivity index (χ4n) is 3.54. The minimum atomic E-state index is -0.980. The Labute approximate surface area is 173 Å². The van der Waals surface area contributed by atoms with Crippen molar-refractivity contribution in [3.05, 3.63) is 71.0 Å². The highest BCUT2D eigenvalue weighted by molar-refractivity contribution is 5.87. The van der Waals surface area contributed by atoms with Crippen LogP contribution >= 0.6 is 0 Å². The van der Waals surface area contributed by atoms with Crippen molar-refractivity contribution >= 4 is 5.97 Å². The van der Waals surface area contributed by atoms with E-state index in [0.717, 1.165) is 52.8 Å². The van der Waals surface area contributed by atoms with E-state index in [4.69, 9.17) is 0 Å². The van der Waals surface area contributed by atoms with E-state index in [-0.39, 0.29) is 5.69 Å². The van der Waals surface area contributed by atoms with Crippen molar-refractivity contribution in [2.45, 2.75) is 32.6 Å². The average Bonchev–Trinajstić information content (AvgIpc) is 3.43. The molecule has 152 valence electrons. The van der Waals surface area contributed by atoms with Gasteiger partial charge in [-0.05, 0) is 40.0 Å². The highest BCUT2D eigenvalue weighted by Gasteiger charge is 2.18. The number of carboxylic acids is 1. The van der Waals surface area contributed by atoms with Gasteiger partial charge in [0.1, 0.15) is 5.69 Å². The second kappa shape index (κ2) is 8.69. The van der Waals surface area contributed by atoms with E-state index in [2.05, 4.69) is 37.7 Å². The molecule has 0 aliphatic rings. The molecule has 0 atom stereocenters. The van der Waals surface area contributed by atoms with Crippen molar-refractivity contribution in [2.24, 2.45) is 0 Å². The minimum absolute atomic E-state index is 0.174. The molecule has 3 N–H and O–H groups in total. The summed E-state index contributed by atoms with van der Waals surface area (Å²) >= 11 is 0. The molecule has 2 heterocycles. The van der Waals surface area contributed by atoms with Crippen LogP contribution < -0.4 is 0 Å². The molecule has 0 aliphatic carbocycles. The molecule has 0 fully saturated rings. The molecule has 4 rings (SSSR count). The van der Waals surface area contributed by atoms with Gasteiger partial charge in [-0.1, -0.05) is 61.9 Å². The molecule has 8 nitrogen and oxygen atoms in total. The summed E-state index contributed by atoms with van der Waals surface area (Å²) in [5.74, 6) is -0.369. The first-order valence-corrected chi connectivity index (χ1v) is 9.89. The van der Waals surface area contributed by atoms with Crippen LogP contribution in [-0.2, 0) is 12.8 Å². The van der Waals surface area contributed by atoms with Crippen LogP contribution in [0.25, 0.3) is 22.5 Å². The van der Waals surface area contributed by atoms with Crippen molar-refractivity contribution in [1.29, 1.82) is 0 Å². The topological polar surface area (TPSA) is 120 Å². The van der Waals surface area contributed by atoms with Crippen molar-refractivity contribution < 1.29 is 9.90 Å². The number of aromatic carboxylic acids is 1. The van der Waals surface area contributed by atoms with Crippen LogP contribution in [0.3, 0.4) is 0 Å². The van der Waals surface area contributed by atoms with Crippen molar-refractivity contribution in [2.75, 3.05) is 0 Å². The van der Waals surface area contributed by atoms with Crippen LogP contribution in [0.2, 0.25) is 0 Å².